The third-order valence-electron chi connectivity index (χ3n) is 6.21. The minimum absolute atomic E-state index is 0.143. The minimum atomic E-state index is -0.285. The molecular formula is C27H17NO2. The van der Waals surface area contributed by atoms with Gasteiger partial charge in [-0.2, -0.15) is 0 Å². The molecule has 0 saturated carbocycles. The number of rotatable bonds is 2. The predicted molar refractivity (Wildman–Crippen MR) is 122 cm³/mol. The lowest BCUT2D eigenvalue weighted by molar-refractivity contribution is -0.384. The van der Waals surface area contributed by atoms with Crippen LogP contribution in [0.25, 0.3) is 43.8 Å². The van der Waals surface area contributed by atoms with Crippen LogP contribution in [0.1, 0.15) is 11.1 Å². The number of hydrogen-bond acceptors (Lipinski definition) is 2. The van der Waals surface area contributed by atoms with Crippen LogP contribution in [-0.4, -0.2) is 4.92 Å². The first-order valence-corrected chi connectivity index (χ1v) is 10.0. The van der Waals surface area contributed by atoms with Gasteiger partial charge < -0.3 is 0 Å². The van der Waals surface area contributed by atoms with E-state index in [1.165, 1.54) is 32.8 Å². The van der Waals surface area contributed by atoms with Gasteiger partial charge in [0.05, 0.1) is 10.5 Å². The molecule has 0 amide bonds. The van der Waals surface area contributed by atoms with Crippen molar-refractivity contribution in [2.45, 2.75) is 6.42 Å². The van der Waals surface area contributed by atoms with Gasteiger partial charge in [-0.05, 0) is 67.9 Å². The lowest BCUT2D eigenvalue weighted by Crippen LogP contribution is -1.94. The Labute approximate surface area is 173 Å². The molecule has 142 valence electrons. The van der Waals surface area contributed by atoms with Gasteiger partial charge in [0, 0.05) is 6.07 Å². The molecule has 0 aliphatic heterocycles. The van der Waals surface area contributed by atoms with E-state index in [1.54, 1.807) is 12.1 Å². The van der Waals surface area contributed by atoms with Crippen molar-refractivity contribution in [2.24, 2.45) is 0 Å². The van der Waals surface area contributed by atoms with E-state index in [1.807, 2.05) is 18.2 Å². The summed E-state index contributed by atoms with van der Waals surface area (Å²) in [5.41, 5.74) is 6.62. The zero-order valence-electron chi connectivity index (χ0n) is 16.1. The summed E-state index contributed by atoms with van der Waals surface area (Å²) in [4.78, 5) is 11.5. The number of nitrogens with zero attached hydrogens (tertiary/aromatic N) is 1. The highest BCUT2D eigenvalue weighted by atomic mass is 16.6. The molecule has 0 atom stereocenters. The van der Waals surface area contributed by atoms with Crippen molar-refractivity contribution in [3.8, 4) is 22.3 Å². The average molecular weight is 387 g/mol. The number of benzene rings is 5. The molecule has 0 spiro atoms. The lowest BCUT2D eigenvalue weighted by atomic mass is 9.89. The first kappa shape index (κ1) is 16.9. The Hall–Kier alpha value is -3.98. The standard InChI is InChI=1S/C27H17NO2/c29-28(30)26-12-6-5-11-21(26)24-15-18-8-2-4-10-20(18)25-16-23-19-9-3-1-7-17(19)13-14-22(23)27(24)25/h1-15H,16H2. The molecule has 1 aliphatic rings. The summed E-state index contributed by atoms with van der Waals surface area (Å²) in [6.45, 7) is 0. The van der Waals surface area contributed by atoms with Gasteiger partial charge in [0.25, 0.3) is 5.69 Å². The van der Waals surface area contributed by atoms with Gasteiger partial charge in [-0.1, -0.05) is 72.8 Å². The highest BCUT2D eigenvalue weighted by molar-refractivity contribution is 6.07. The molecule has 30 heavy (non-hydrogen) atoms. The van der Waals surface area contributed by atoms with Crippen molar-refractivity contribution in [1.82, 2.24) is 0 Å². The van der Waals surface area contributed by atoms with Gasteiger partial charge in [0.2, 0.25) is 0 Å². The molecule has 6 rings (SSSR count). The zero-order chi connectivity index (χ0) is 20.2. The van der Waals surface area contributed by atoms with E-state index in [4.69, 9.17) is 0 Å². The molecule has 0 N–H and O–H groups in total. The maximum Gasteiger partial charge on any atom is 0.277 e. The van der Waals surface area contributed by atoms with Crippen molar-refractivity contribution in [3.63, 3.8) is 0 Å². The van der Waals surface area contributed by atoms with Gasteiger partial charge in [-0.15, -0.1) is 0 Å². The number of hydrogen-bond donors (Lipinski definition) is 0. The van der Waals surface area contributed by atoms with Crippen LogP contribution in [-0.2, 0) is 6.42 Å². The van der Waals surface area contributed by atoms with Crippen molar-refractivity contribution in [1.29, 1.82) is 0 Å². The number of fused-ring (bicyclic) bond motifs is 7. The fourth-order valence-electron chi connectivity index (χ4n) is 4.92. The molecule has 0 radical (unpaired) electrons. The van der Waals surface area contributed by atoms with Crippen LogP contribution < -0.4 is 0 Å². The zero-order valence-corrected chi connectivity index (χ0v) is 16.1. The molecule has 0 unspecified atom stereocenters. The maximum atomic E-state index is 11.8. The molecule has 3 heteroatoms. The van der Waals surface area contributed by atoms with Crippen LogP contribution in [0.3, 0.4) is 0 Å². The Morgan fingerprint density at radius 1 is 0.633 bits per heavy atom. The van der Waals surface area contributed by atoms with Crippen LogP contribution in [0.5, 0.6) is 0 Å². The maximum absolute atomic E-state index is 11.8. The third-order valence-corrected chi connectivity index (χ3v) is 6.21. The highest BCUT2D eigenvalue weighted by Crippen LogP contribution is 2.49. The molecular weight excluding hydrogens is 370 g/mol. The lowest BCUT2D eigenvalue weighted by Gasteiger charge is -2.14. The second-order valence-electron chi connectivity index (χ2n) is 7.76. The molecule has 0 aromatic heterocycles. The Morgan fingerprint density at radius 2 is 1.30 bits per heavy atom. The van der Waals surface area contributed by atoms with Gasteiger partial charge in [-0.3, -0.25) is 10.1 Å². The van der Waals surface area contributed by atoms with E-state index >= 15 is 0 Å². The fourth-order valence-corrected chi connectivity index (χ4v) is 4.92. The summed E-state index contributed by atoms with van der Waals surface area (Å²) >= 11 is 0. The molecule has 5 aromatic rings. The van der Waals surface area contributed by atoms with Crippen LogP contribution >= 0.6 is 0 Å². The average Bonchev–Trinajstić information content (AvgIpc) is 3.19. The second-order valence-corrected chi connectivity index (χ2v) is 7.76. The molecule has 0 saturated heterocycles. The van der Waals surface area contributed by atoms with Gasteiger partial charge in [0.15, 0.2) is 0 Å². The molecule has 5 aromatic carbocycles. The monoisotopic (exact) mass is 387 g/mol. The van der Waals surface area contributed by atoms with Crippen molar-refractivity contribution in [2.75, 3.05) is 0 Å². The van der Waals surface area contributed by atoms with E-state index in [-0.39, 0.29) is 10.6 Å². The fraction of sp³-hybridized carbons (Fsp3) is 0.0370. The van der Waals surface area contributed by atoms with Gasteiger partial charge >= 0.3 is 0 Å². The molecule has 0 heterocycles. The topological polar surface area (TPSA) is 43.1 Å². The van der Waals surface area contributed by atoms with Crippen LogP contribution in [0, 0.1) is 10.1 Å². The summed E-state index contributed by atoms with van der Waals surface area (Å²) in [5, 5.41) is 16.6. The molecule has 3 nitrogen and oxygen atoms in total. The summed E-state index contributed by atoms with van der Waals surface area (Å²) in [6.07, 6.45) is 0.834. The van der Waals surface area contributed by atoms with E-state index in [0.29, 0.717) is 5.56 Å². The van der Waals surface area contributed by atoms with Gasteiger partial charge in [-0.25, -0.2) is 0 Å². The number of para-hydroxylation sites is 1. The Bertz CT molecular complexity index is 1500. The minimum Gasteiger partial charge on any atom is -0.258 e. The SMILES string of the molecule is O=[N+]([O-])c1ccccc1-c1cc2ccccc2c2c1-c1ccc3ccccc3c1C2. The first-order chi connectivity index (χ1) is 14.7. The molecule has 1 aliphatic carbocycles. The van der Waals surface area contributed by atoms with E-state index in [2.05, 4.69) is 60.7 Å². The predicted octanol–water partition coefficient (Wildman–Crippen LogP) is 7.14. The normalized spacial score (nSPS) is 12.1. The highest BCUT2D eigenvalue weighted by Gasteiger charge is 2.28. The summed E-state index contributed by atoms with van der Waals surface area (Å²) in [7, 11) is 0. The smallest absolute Gasteiger partial charge is 0.258 e. The molecule has 0 fully saturated rings. The van der Waals surface area contributed by atoms with Crippen molar-refractivity contribution >= 4 is 27.2 Å². The van der Waals surface area contributed by atoms with Crippen molar-refractivity contribution in [3.05, 3.63) is 112 Å². The summed E-state index contributed by atoms with van der Waals surface area (Å²) in [5.74, 6) is 0. The van der Waals surface area contributed by atoms with Crippen LogP contribution in [0.2, 0.25) is 0 Å². The Morgan fingerprint density at radius 3 is 2.10 bits per heavy atom. The van der Waals surface area contributed by atoms with Crippen LogP contribution in [0.4, 0.5) is 5.69 Å². The Balaban J connectivity index is 1.76. The summed E-state index contributed by atoms with van der Waals surface area (Å²) < 4.78 is 0. The van der Waals surface area contributed by atoms with E-state index in [0.717, 1.165) is 22.9 Å². The van der Waals surface area contributed by atoms with Crippen molar-refractivity contribution < 1.29 is 4.92 Å². The summed E-state index contributed by atoms with van der Waals surface area (Å²) in [6, 6.07) is 30.3. The van der Waals surface area contributed by atoms with Crippen LogP contribution in [0.15, 0.2) is 91.0 Å². The van der Waals surface area contributed by atoms with E-state index < -0.39 is 0 Å². The second kappa shape index (κ2) is 6.26. The third kappa shape index (κ3) is 2.32. The number of nitro benzene ring substituents is 1. The number of nitro groups is 1. The van der Waals surface area contributed by atoms with Gasteiger partial charge in [0.1, 0.15) is 0 Å². The quantitative estimate of drug-likeness (QED) is 0.234. The van der Waals surface area contributed by atoms with E-state index in [9.17, 15) is 10.1 Å². The Kier molecular flexibility index (Phi) is 3.53. The molecule has 0 bridgehead atoms. The largest absolute Gasteiger partial charge is 0.277 e. The first-order valence-electron chi connectivity index (χ1n) is 10.0.